The first-order chi connectivity index (χ1) is 9.87. The van der Waals surface area contributed by atoms with Gasteiger partial charge in [0, 0.05) is 19.6 Å². The number of rotatable bonds is 9. The van der Waals surface area contributed by atoms with Crippen molar-refractivity contribution in [1.29, 1.82) is 0 Å². The molecule has 120 valence electrons. The maximum absolute atomic E-state index is 12.4. The van der Waals surface area contributed by atoms with Crippen molar-refractivity contribution in [3.05, 3.63) is 12.7 Å². The summed E-state index contributed by atoms with van der Waals surface area (Å²) >= 11 is 0. The van der Waals surface area contributed by atoms with Crippen LogP contribution < -0.4 is 10.0 Å². The summed E-state index contributed by atoms with van der Waals surface area (Å²) in [7, 11) is -2.23. The smallest absolute Gasteiger partial charge is 0.254 e. The van der Waals surface area contributed by atoms with Crippen molar-refractivity contribution in [3.63, 3.8) is 0 Å². The molecule has 1 unspecified atom stereocenters. The molecule has 0 bridgehead atoms. The zero-order valence-electron chi connectivity index (χ0n) is 12.1. The van der Waals surface area contributed by atoms with Crippen LogP contribution in [0.25, 0.3) is 0 Å². The molecule has 0 spiro atoms. The van der Waals surface area contributed by atoms with Gasteiger partial charge in [0.25, 0.3) is 5.91 Å². The number of ether oxygens (including phenoxy) is 1. The molecule has 0 heterocycles. The van der Waals surface area contributed by atoms with E-state index in [4.69, 9.17) is 9.84 Å². The van der Waals surface area contributed by atoms with Gasteiger partial charge in [0.1, 0.15) is 5.54 Å². The molecule has 1 amide bonds. The average molecular weight is 318 g/mol. The molecule has 0 aliphatic heterocycles. The van der Waals surface area contributed by atoms with Gasteiger partial charge in [-0.3, -0.25) is 14.8 Å². The molecule has 2 rings (SSSR count). The molecule has 2 aliphatic carbocycles. The number of sulfonamides is 1. The molecule has 0 aromatic carbocycles. The number of carbonyl (C=O) groups is 1. The van der Waals surface area contributed by atoms with Gasteiger partial charge in [-0.1, -0.05) is 6.08 Å². The van der Waals surface area contributed by atoms with Gasteiger partial charge < -0.3 is 9.84 Å². The summed E-state index contributed by atoms with van der Waals surface area (Å²) in [6.45, 7) is 3.55. The quantitative estimate of drug-likeness (QED) is 0.390. The fourth-order valence-electron chi connectivity index (χ4n) is 2.66. The van der Waals surface area contributed by atoms with Gasteiger partial charge in [0.05, 0.1) is 11.5 Å². The minimum absolute atomic E-state index is 0.172. The van der Waals surface area contributed by atoms with Crippen LogP contribution in [0.5, 0.6) is 0 Å². The Morgan fingerprint density at radius 2 is 2.19 bits per heavy atom. The summed E-state index contributed by atoms with van der Waals surface area (Å²) in [5.74, 6) is -0.792. The number of hydrogen-bond acceptors (Lipinski definition) is 6. The largest absolute Gasteiger partial charge is 0.385 e. The lowest BCUT2D eigenvalue weighted by Crippen LogP contribution is -2.52. The van der Waals surface area contributed by atoms with Crippen LogP contribution in [0.1, 0.15) is 25.7 Å². The number of aliphatic hydroxyl groups is 1. The maximum atomic E-state index is 12.4. The van der Waals surface area contributed by atoms with E-state index in [-0.39, 0.29) is 5.92 Å². The van der Waals surface area contributed by atoms with E-state index in [9.17, 15) is 13.2 Å². The van der Waals surface area contributed by atoms with Gasteiger partial charge >= 0.3 is 0 Å². The molecule has 0 radical (unpaired) electrons. The number of amides is 1. The Labute approximate surface area is 124 Å². The number of aliphatic hydroxyl groups excluding tert-OH is 1. The topological polar surface area (TPSA) is 105 Å². The van der Waals surface area contributed by atoms with Crippen LogP contribution in [0.2, 0.25) is 0 Å². The predicted octanol–water partition coefficient (Wildman–Crippen LogP) is -0.514. The monoisotopic (exact) mass is 318 g/mol. The van der Waals surface area contributed by atoms with Gasteiger partial charge in [-0.05, 0) is 25.7 Å². The number of hydrogen-bond donors (Lipinski definition) is 3. The number of methoxy groups -OCH3 is 1. The first-order valence-corrected chi connectivity index (χ1v) is 8.40. The molecule has 2 fully saturated rings. The lowest BCUT2D eigenvalue weighted by molar-refractivity contribution is -0.123. The Kier molecular flexibility index (Phi) is 4.44. The molecule has 0 aromatic heterocycles. The SMILES string of the molecule is C=CC1C[C@]1(NCO)C(=O)NS(=O)(=O)C1(CCOC)CC1. The lowest BCUT2D eigenvalue weighted by atomic mass is 10.2. The second kappa shape index (κ2) is 5.68. The van der Waals surface area contributed by atoms with Crippen molar-refractivity contribution in [2.24, 2.45) is 5.92 Å². The molecule has 3 N–H and O–H groups in total. The van der Waals surface area contributed by atoms with Gasteiger partial charge in [-0.2, -0.15) is 0 Å². The van der Waals surface area contributed by atoms with Crippen LogP contribution in [0.3, 0.4) is 0 Å². The van der Waals surface area contributed by atoms with E-state index in [1.54, 1.807) is 6.08 Å². The van der Waals surface area contributed by atoms with E-state index < -0.39 is 32.9 Å². The summed E-state index contributed by atoms with van der Waals surface area (Å²) in [6.07, 6.45) is 3.46. The van der Waals surface area contributed by atoms with Gasteiger partial charge in [-0.15, -0.1) is 6.58 Å². The fourth-order valence-corrected chi connectivity index (χ4v) is 4.29. The average Bonchev–Trinajstić information content (AvgIpc) is 3.31. The Hall–Kier alpha value is -0.960. The zero-order chi connectivity index (χ0) is 15.7. The summed E-state index contributed by atoms with van der Waals surface area (Å²) in [6, 6.07) is 0. The molecular weight excluding hydrogens is 296 g/mol. The highest BCUT2D eigenvalue weighted by molar-refractivity contribution is 7.91. The number of nitrogens with one attached hydrogen (secondary N) is 2. The highest BCUT2D eigenvalue weighted by Crippen LogP contribution is 2.48. The Morgan fingerprint density at radius 3 is 2.62 bits per heavy atom. The molecule has 21 heavy (non-hydrogen) atoms. The lowest BCUT2D eigenvalue weighted by Gasteiger charge is -2.21. The standard InChI is InChI=1S/C13H22N2O5S/c1-3-10-8-13(10,14-9-16)11(17)15-21(18,19)12(4-5-12)6-7-20-2/h3,10,14,16H,1,4-9H2,2H3,(H,15,17)/t10?,13-/m1/s1. The summed E-state index contributed by atoms with van der Waals surface area (Å²) in [4.78, 5) is 12.3. The third kappa shape index (κ3) is 2.85. The minimum Gasteiger partial charge on any atom is -0.385 e. The van der Waals surface area contributed by atoms with Crippen LogP contribution in [0.15, 0.2) is 12.7 Å². The van der Waals surface area contributed by atoms with Crippen molar-refractivity contribution >= 4 is 15.9 Å². The highest BCUT2D eigenvalue weighted by atomic mass is 32.2. The van der Waals surface area contributed by atoms with Crippen molar-refractivity contribution < 1.29 is 23.1 Å². The maximum Gasteiger partial charge on any atom is 0.254 e. The third-order valence-corrected chi connectivity index (χ3v) is 6.67. The first kappa shape index (κ1) is 16.4. The molecule has 7 nitrogen and oxygen atoms in total. The molecule has 2 saturated carbocycles. The van der Waals surface area contributed by atoms with Gasteiger partial charge in [-0.25, -0.2) is 8.42 Å². The van der Waals surface area contributed by atoms with Crippen molar-refractivity contribution in [3.8, 4) is 0 Å². The normalized spacial score (nSPS) is 29.7. The molecule has 0 aromatic rings. The van der Waals surface area contributed by atoms with Crippen LogP contribution in [-0.2, 0) is 19.6 Å². The Balaban J connectivity index is 2.07. The van der Waals surface area contributed by atoms with Crippen molar-refractivity contribution in [2.75, 3.05) is 20.4 Å². The van der Waals surface area contributed by atoms with Crippen molar-refractivity contribution in [2.45, 2.75) is 36.0 Å². The molecule has 0 saturated heterocycles. The highest BCUT2D eigenvalue weighted by Gasteiger charge is 2.61. The van der Waals surface area contributed by atoms with E-state index >= 15 is 0 Å². The minimum atomic E-state index is -3.75. The van der Waals surface area contributed by atoms with Crippen LogP contribution in [0.4, 0.5) is 0 Å². The fraction of sp³-hybridized carbons (Fsp3) is 0.769. The first-order valence-electron chi connectivity index (χ1n) is 6.92. The van der Waals surface area contributed by atoms with Crippen LogP contribution in [-0.4, -0.2) is 50.2 Å². The van der Waals surface area contributed by atoms with Crippen LogP contribution in [0, 0.1) is 5.92 Å². The second-order valence-electron chi connectivity index (χ2n) is 5.71. The van der Waals surface area contributed by atoms with Gasteiger partial charge in [0.2, 0.25) is 10.0 Å². The van der Waals surface area contributed by atoms with E-state index in [1.807, 2.05) is 0 Å². The summed E-state index contributed by atoms with van der Waals surface area (Å²) < 4.78 is 31.0. The molecular formula is C13H22N2O5S. The predicted molar refractivity (Wildman–Crippen MR) is 76.8 cm³/mol. The molecule has 2 aliphatic rings. The van der Waals surface area contributed by atoms with E-state index in [0.717, 1.165) is 0 Å². The molecule has 2 atom stereocenters. The number of carbonyl (C=O) groups excluding carboxylic acids is 1. The van der Waals surface area contributed by atoms with Crippen molar-refractivity contribution in [1.82, 2.24) is 10.0 Å². The van der Waals surface area contributed by atoms with Gasteiger partial charge in [0.15, 0.2) is 0 Å². The van der Waals surface area contributed by atoms with E-state index in [2.05, 4.69) is 16.6 Å². The second-order valence-corrected chi connectivity index (χ2v) is 7.79. The zero-order valence-corrected chi connectivity index (χ0v) is 12.9. The van der Waals surface area contributed by atoms with Crippen LogP contribution >= 0.6 is 0 Å². The molecule has 8 heteroatoms. The summed E-state index contributed by atoms with van der Waals surface area (Å²) in [5.41, 5.74) is -1.05. The third-order valence-electron chi connectivity index (χ3n) is 4.47. The van der Waals surface area contributed by atoms with E-state index in [1.165, 1.54) is 7.11 Å². The van der Waals surface area contributed by atoms with E-state index in [0.29, 0.717) is 32.3 Å². The Morgan fingerprint density at radius 1 is 1.52 bits per heavy atom. The summed E-state index contributed by atoms with van der Waals surface area (Å²) in [5, 5.41) is 11.7. The Bertz CT molecular complexity index is 529.